The molecule has 1 saturated heterocycles. The van der Waals surface area contributed by atoms with Gasteiger partial charge in [0, 0.05) is 44.0 Å². The number of imidazole rings is 1. The van der Waals surface area contributed by atoms with E-state index in [1.165, 1.54) is 12.1 Å². The number of carbonyl (C=O) groups excluding carboxylic acids is 2. The molecule has 2 heterocycles. The van der Waals surface area contributed by atoms with Gasteiger partial charge in [-0.1, -0.05) is 12.1 Å². The first-order valence-corrected chi connectivity index (χ1v) is 9.70. The van der Waals surface area contributed by atoms with Gasteiger partial charge in [0.25, 0.3) is 5.91 Å². The van der Waals surface area contributed by atoms with Gasteiger partial charge in [-0.15, -0.1) is 0 Å². The Morgan fingerprint density at radius 3 is 2.27 bits per heavy atom. The Balaban J connectivity index is 1.37. The van der Waals surface area contributed by atoms with Crippen molar-refractivity contribution in [1.82, 2.24) is 19.4 Å². The molecule has 2 N–H and O–H groups in total. The van der Waals surface area contributed by atoms with Gasteiger partial charge < -0.3 is 10.6 Å². The Morgan fingerprint density at radius 1 is 0.967 bits per heavy atom. The highest BCUT2D eigenvalue weighted by atomic mass is 19.1. The standard InChI is InChI=1S/C22H22FN5O2/c23-18-5-7-19(8-6-18)28-15-25-13-20(28)22(30)27-11-9-26(10-12-27)14-16-1-3-17(4-2-16)21(24)29/h1-8,13,15H,9-12,14H2,(H2,24,29). The number of rotatable bonds is 5. The number of nitrogens with two attached hydrogens (primary N) is 1. The van der Waals surface area contributed by atoms with E-state index in [0.717, 1.165) is 25.2 Å². The summed E-state index contributed by atoms with van der Waals surface area (Å²) in [6.07, 6.45) is 3.10. The zero-order valence-electron chi connectivity index (χ0n) is 16.4. The molecule has 7 nitrogen and oxygen atoms in total. The molecular weight excluding hydrogens is 385 g/mol. The number of nitrogens with zero attached hydrogens (tertiary/aromatic N) is 4. The fourth-order valence-electron chi connectivity index (χ4n) is 3.56. The third-order valence-corrected chi connectivity index (χ3v) is 5.27. The van der Waals surface area contributed by atoms with E-state index in [9.17, 15) is 14.0 Å². The van der Waals surface area contributed by atoms with E-state index >= 15 is 0 Å². The van der Waals surface area contributed by atoms with Crippen molar-refractivity contribution in [2.24, 2.45) is 5.73 Å². The maximum Gasteiger partial charge on any atom is 0.272 e. The van der Waals surface area contributed by atoms with Crippen LogP contribution >= 0.6 is 0 Å². The van der Waals surface area contributed by atoms with Crippen molar-refractivity contribution in [2.45, 2.75) is 6.54 Å². The topological polar surface area (TPSA) is 84.5 Å². The summed E-state index contributed by atoms with van der Waals surface area (Å²) < 4.78 is 14.9. The summed E-state index contributed by atoms with van der Waals surface area (Å²) in [5, 5.41) is 0. The molecule has 0 radical (unpaired) electrons. The summed E-state index contributed by atoms with van der Waals surface area (Å²) in [5.41, 5.74) is 8.01. The van der Waals surface area contributed by atoms with Gasteiger partial charge in [0.15, 0.2) is 0 Å². The third-order valence-electron chi connectivity index (χ3n) is 5.27. The molecule has 0 spiro atoms. The van der Waals surface area contributed by atoms with Gasteiger partial charge in [0.2, 0.25) is 5.91 Å². The van der Waals surface area contributed by atoms with Crippen LogP contribution in [0.4, 0.5) is 4.39 Å². The molecule has 2 amide bonds. The minimum atomic E-state index is -0.437. The number of hydrogen-bond acceptors (Lipinski definition) is 4. The monoisotopic (exact) mass is 407 g/mol. The SMILES string of the molecule is NC(=O)c1ccc(CN2CCN(C(=O)c3cncn3-c3ccc(F)cc3)CC2)cc1. The number of aromatic nitrogens is 2. The zero-order valence-corrected chi connectivity index (χ0v) is 16.4. The van der Waals surface area contributed by atoms with Crippen LogP contribution in [0, 0.1) is 5.82 Å². The van der Waals surface area contributed by atoms with Crippen molar-refractivity contribution in [1.29, 1.82) is 0 Å². The third kappa shape index (κ3) is 4.23. The van der Waals surface area contributed by atoms with E-state index < -0.39 is 5.91 Å². The first-order valence-electron chi connectivity index (χ1n) is 9.70. The van der Waals surface area contributed by atoms with Crippen LogP contribution < -0.4 is 5.73 Å². The molecule has 8 heteroatoms. The normalized spacial score (nSPS) is 14.6. The Labute approximate surface area is 173 Å². The molecule has 1 aliphatic rings. The highest BCUT2D eigenvalue weighted by Crippen LogP contribution is 2.16. The largest absolute Gasteiger partial charge is 0.366 e. The number of halogens is 1. The lowest BCUT2D eigenvalue weighted by atomic mass is 10.1. The van der Waals surface area contributed by atoms with Gasteiger partial charge in [0.1, 0.15) is 11.5 Å². The van der Waals surface area contributed by atoms with Gasteiger partial charge in [-0.25, -0.2) is 9.37 Å². The lowest BCUT2D eigenvalue weighted by molar-refractivity contribution is 0.0620. The molecule has 4 rings (SSSR count). The number of hydrogen-bond donors (Lipinski definition) is 1. The molecule has 0 unspecified atom stereocenters. The van der Waals surface area contributed by atoms with Crippen LogP contribution in [0.5, 0.6) is 0 Å². The summed E-state index contributed by atoms with van der Waals surface area (Å²) in [7, 11) is 0. The lowest BCUT2D eigenvalue weighted by Gasteiger charge is -2.34. The van der Waals surface area contributed by atoms with E-state index in [1.807, 2.05) is 17.0 Å². The Hall–Kier alpha value is -3.52. The van der Waals surface area contributed by atoms with E-state index in [0.29, 0.717) is 30.0 Å². The maximum atomic E-state index is 13.2. The van der Waals surface area contributed by atoms with Crippen molar-refractivity contribution in [2.75, 3.05) is 26.2 Å². The maximum absolute atomic E-state index is 13.2. The number of primary amides is 1. The van der Waals surface area contributed by atoms with Crippen LogP contribution in [0.15, 0.2) is 61.1 Å². The van der Waals surface area contributed by atoms with Crippen LogP contribution in [-0.2, 0) is 6.54 Å². The summed E-state index contributed by atoms with van der Waals surface area (Å²) in [4.78, 5) is 32.4. The van der Waals surface area contributed by atoms with Gasteiger partial charge in [-0.05, 0) is 42.0 Å². The Morgan fingerprint density at radius 2 is 1.63 bits per heavy atom. The Kier molecular flexibility index (Phi) is 5.58. The molecule has 30 heavy (non-hydrogen) atoms. The molecule has 1 aliphatic heterocycles. The quantitative estimate of drug-likeness (QED) is 0.702. The molecule has 1 fully saturated rings. The summed E-state index contributed by atoms with van der Waals surface area (Å²) in [6.45, 7) is 3.44. The summed E-state index contributed by atoms with van der Waals surface area (Å²) in [6, 6.07) is 13.2. The highest BCUT2D eigenvalue weighted by Gasteiger charge is 2.24. The summed E-state index contributed by atoms with van der Waals surface area (Å²) >= 11 is 0. The predicted octanol–water partition coefficient (Wildman–Crippen LogP) is 2.07. The lowest BCUT2D eigenvalue weighted by Crippen LogP contribution is -2.48. The van der Waals surface area contributed by atoms with E-state index in [2.05, 4.69) is 9.88 Å². The fourth-order valence-corrected chi connectivity index (χ4v) is 3.56. The number of carbonyl (C=O) groups is 2. The molecule has 0 saturated carbocycles. The average molecular weight is 407 g/mol. The summed E-state index contributed by atoms with van der Waals surface area (Å²) in [5.74, 6) is -0.858. The van der Waals surface area contributed by atoms with E-state index in [-0.39, 0.29) is 11.7 Å². The number of benzene rings is 2. The molecule has 154 valence electrons. The van der Waals surface area contributed by atoms with E-state index in [1.54, 1.807) is 41.4 Å². The average Bonchev–Trinajstić information content (AvgIpc) is 3.24. The fraction of sp³-hybridized carbons (Fsp3) is 0.227. The number of piperazine rings is 1. The molecule has 3 aromatic rings. The van der Waals surface area contributed by atoms with Gasteiger partial charge in [-0.3, -0.25) is 19.1 Å². The molecule has 0 bridgehead atoms. The number of amides is 2. The van der Waals surface area contributed by atoms with Crippen LogP contribution in [-0.4, -0.2) is 57.3 Å². The molecular formula is C22H22FN5O2. The van der Waals surface area contributed by atoms with Gasteiger partial charge in [-0.2, -0.15) is 0 Å². The predicted molar refractivity (Wildman–Crippen MR) is 110 cm³/mol. The van der Waals surface area contributed by atoms with Crippen molar-refractivity contribution < 1.29 is 14.0 Å². The van der Waals surface area contributed by atoms with Gasteiger partial charge in [0.05, 0.1) is 12.5 Å². The second-order valence-corrected chi connectivity index (χ2v) is 7.25. The van der Waals surface area contributed by atoms with Crippen LogP contribution in [0.25, 0.3) is 5.69 Å². The minimum Gasteiger partial charge on any atom is -0.366 e. The van der Waals surface area contributed by atoms with Crippen LogP contribution in [0.2, 0.25) is 0 Å². The highest BCUT2D eigenvalue weighted by molar-refractivity contribution is 5.93. The van der Waals surface area contributed by atoms with Crippen molar-refractivity contribution in [3.63, 3.8) is 0 Å². The molecule has 1 aromatic heterocycles. The van der Waals surface area contributed by atoms with Crippen LogP contribution in [0.3, 0.4) is 0 Å². The van der Waals surface area contributed by atoms with Crippen LogP contribution in [0.1, 0.15) is 26.4 Å². The van der Waals surface area contributed by atoms with E-state index in [4.69, 9.17) is 5.73 Å². The first kappa shape index (κ1) is 19.8. The molecule has 2 aromatic carbocycles. The van der Waals surface area contributed by atoms with Crippen molar-refractivity contribution in [3.05, 3.63) is 83.7 Å². The zero-order chi connectivity index (χ0) is 21.1. The minimum absolute atomic E-state index is 0.0951. The first-order chi connectivity index (χ1) is 14.5. The molecule has 0 aliphatic carbocycles. The second-order valence-electron chi connectivity index (χ2n) is 7.25. The second kappa shape index (κ2) is 8.46. The smallest absolute Gasteiger partial charge is 0.272 e. The Bertz CT molecular complexity index is 1040. The van der Waals surface area contributed by atoms with Crippen molar-refractivity contribution in [3.8, 4) is 5.69 Å². The van der Waals surface area contributed by atoms with Gasteiger partial charge >= 0.3 is 0 Å². The van der Waals surface area contributed by atoms with Crippen molar-refractivity contribution >= 4 is 11.8 Å². The molecule has 0 atom stereocenters.